The lowest BCUT2D eigenvalue weighted by Gasteiger charge is -2.52. The zero-order valence-electron chi connectivity index (χ0n) is 25.0. The lowest BCUT2D eigenvalue weighted by atomic mass is 9.69. The Morgan fingerprint density at radius 2 is 1.57 bits per heavy atom. The van der Waals surface area contributed by atoms with Crippen molar-refractivity contribution in [1.29, 1.82) is 0 Å². The molecule has 4 aliphatic rings. The van der Waals surface area contributed by atoms with E-state index >= 15 is 0 Å². The molecule has 0 aromatic heterocycles. The molecule has 0 saturated carbocycles. The number of benzene rings is 2. The number of hydrogen-bond acceptors (Lipinski definition) is 6. The van der Waals surface area contributed by atoms with Crippen molar-refractivity contribution >= 4 is 11.9 Å². The molecule has 6 nitrogen and oxygen atoms in total. The average molecular weight is 545 g/mol. The van der Waals surface area contributed by atoms with Gasteiger partial charge in [0.2, 0.25) is 0 Å². The van der Waals surface area contributed by atoms with Crippen molar-refractivity contribution in [3.05, 3.63) is 57.2 Å². The largest absolute Gasteiger partial charge is 0.478 e. The van der Waals surface area contributed by atoms with E-state index in [2.05, 4.69) is 47.3 Å². The van der Waals surface area contributed by atoms with Crippen LogP contribution >= 0.6 is 0 Å². The zero-order valence-corrected chi connectivity index (χ0v) is 25.0. The first kappa shape index (κ1) is 26.9. The molecule has 0 radical (unpaired) electrons. The van der Waals surface area contributed by atoms with E-state index < -0.39 is 23.1 Å². The maximum atomic E-state index is 12.3. The van der Waals surface area contributed by atoms with Crippen LogP contribution in [0, 0.1) is 13.8 Å². The molecule has 6 heteroatoms. The lowest BCUT2D eigenvalue weighted by Crippen LogP contribution is -2.58. The molecule has 5 atom stereocenters. The Kier molecular flexibility index (Phi) is 5.96. The Hall–Kier alpha value is -3.28. The number of allylic oxidation sites excluding steroid dienone is 1. The normalized spacial score (nSPS) is 29.1. The van der Waals surface area contributed by atoms with Gasteiger partial charge in [-0.15, -0.1) is 0 Å². The predicted octanol–water partition coefficient (Wildman–Crippen LogP) is 7.59. The van der Waals surface area contributed by atoms with Gasteiger partial charge in [0.15, 0.2) is 34.2 Å². The Labute approximate surface area is 237 Å². The summed E-state index contributed by atoms with van der Waals surface area (Å²) < 4.78 is 26.1. The zero-order chi connectivity index (χ0) is 28.9. The summed E-state index contributed by atoms with van der Waals surface area (Å²) in [5.74, 6) is 2.15. The number of esters is 2. The van der Waals surface area contributed by atoms with E-state index in [-0.39, 0.29) is 5.92 Å². The summed E-state index contributed by atoms with van der Waals surface area (Å²) in [5, 5.41) is 0. The van der Waals surface area contributed by atoms with E-state index in [0.29, 0.717) is 29.8 Å². The molecule has 0 fully saturated rings. The fourth-order valence-electron chi connectivity index (χ4n) is 8.05. The van der Waals surface area contributed by atoms with Gasteiger partial charge in [-0.1, -0.05) is 32.1 Å². The number of hydrogen-bond donors (Lipinski definition) is 0. The third-order valence-electron chi connectivity index (χ3n) is 9.95. The van der Waals surface area contributed by atoms with Crippen molar-refractivity contribution in [3.63, 3.8) is 0 Å². The molecule has 0 saturated heterocycles. The fourth-order valence-corrected chi connectivity index (χ4v) is 8.05. The highest BCUT2D eigenvalue weighted by Crippen LogP contribution is 2.66. The second-order valence-electron chi connectivity index (χ2n) is 12.8. The molecule has 2 aromatic rings. The molecule has 1 aliphatic heterocycles. The van der Waals surface area contributed by atoms with Gasteiger partial charge < -0.3 is 18.9 Å². The summed E-state index contributed by atoms with van der Waals surface area (Å²) in [5.41, 5.74) is 7.12. The molecule has 0 N–H and O–H groups in total. The van der Waals surface area contributed by atoms with E-state index in [0.717, 1.165) is 65.0 Å². The fraction of sp³-hybridized carbons (Fsp3) is 0.529. The second-order valence-corrected chi connectivity index (χ2v) is 12.8. The van der Waals surface area contributed by atoms with Gasteiger partial charge in [-0.25, -0.2) is 0 Å². The van der Waals surface area contributed by atoms with E-state index in [9.17, 15) is 9.59 Å². The van der Waals surface area contributed by atoms with Crippen LogP contribution in [-0.2, 0) is 21.6 Å². The van der Waals surface area contributed by atoms with Crippen molar-refractivity contribution in [3.8, 4) is 23.0 Å². The Morgan fingerprint density at radius 3 is 2.23 bits per heavy atom. The molecule has 6 rings (SSSR count). The minimum atomic E-state index is -0.761. The molecule has 40 heavy (non-hydrogen) atoms. The number of ether oxygens (including phenoxy) is 4. The Bertz CT molecular complexity index is 1500. The summed E-state index contributed by atoms with van der Waals surface area (Å²) in [4.78, 5) is 24.5. The van der Waals surface area contributed by atoms with Gasteiger partial charge in [-0.2, -0.15) is 0 Å². The minimum absolute atomic E-state index is 0.0779. The molecule has 0 unspecified atom stereocenters. The van der Waals surface area contributed by atoms with Crippen molar-refractivity contribution in [2.75, 3.05) is 0 Å². The van der Waals surface area contributed by atoms with Crippen LogP contribution in [0.1, 0.15) is 124 Å². The molecule has 1 spiro atoms. The number of carbonyl (C=O) groups excluding carboxylic acids is 2. The van der Waals surface area contributed by atoms with Gasteiger partial charge in [-0.05, 0) is 87.5 Å². The first-order chi connectivity index (χ1) is 18.8. The highest BCUT2D eigenvalue weighted by molar-refractivity contribution is 5.78. The van der Waals surface area contributed by atoms with Gasteiger partial charge >= 0.3 is 11.9 Å². The Balaban J connectivity index is 1.64. The molecule has 0 bridgehead atoms. The molecule has 1 heterocycles. The van der Waals surface area contributed by atoms with Gasteiger partial charge in [0.1, 0.15) is 0 Å². The van der Waals surface area contributed by atoms with Crippen LogP contribution in [0.5, 0.6) is 23.0 Å². The predicted molar refractivity (Wildman–Crippen MR) is 153 cm³/mol. The maximum Gasteiger partial charge on any atom is 0.308 e. The summed E-state index contributed by atoms with van der Waals surface area (Å²) in [6, 6.07) is 2.28. The SMILES string of the molecule is C=C(C)[C@@H]1CC[C@H](C)c2c1cc(C)c1c2O[C@@]23CC[C@H](C)c4c(OC(C)=O)c(OC(C)=O)c(C)c(c42)C[C@@]3(C)O1. The number of fused-ring (bicyclic) bond motifs is 3. The molecule has 3 aliphatic carbocycles. The smallest absolute Gasteiger partial charge is 0.308 e. The highest BCUT2D eigenvalue weighted by atomic mass is 16.6. The third kappa shape index (κ3) is 3.53. The van der Waals surface area contributed by atoms with Crippen molar-refractivity contribution in [1.82, 2.24) is 0 Å². The standard InChI is InChI=1S/C34H40O6/c1-16(2)23-11-10-17(3)26-24(23)14-19(5)29-32(26)40-34-13-12-18(4)27-28(34)25(15-33(34,9)39-29)20(6)30(37-21(7)35)31(27)38-22(8)36/h14,17-18,23H,1,10-13,15H2,2-9H3/t17-,18-,23-,33+,34-/m0/s1. The summed E-state index contributed by atoms with van der Waals surface area (Å²) >= 11 is 0. The van der Waals surface area contributed by atoms with Crippen LogP contribution in [0.4, 0.5) is 0 Å². The molecule has 2 aromatic carbocycles. The van der Waals surface area contributed by atoms with Gasteiger partial charge in [-0.3, -0.25) is 9.59 Å². The molecular weight excluding hydrogens is 504 g/mol. The van der Waals surface area contributed by atoms with Crippen molar-refractivity contribution in [2.24, 2.45) is 0 Å². The first-order valence-corrected chi connectivity index (χ1v) is 14.6. The van der Waals surface area contributed by atoms with E-state index in [1.54, 1.807) is 0 Å². The molecule has 0 amide bonds. The molecular formula is C34H40O6. The maximum absolute atomic E-state index is 12.3. The Morgan fingerprint density at radius 1 is 0.925 bits per heavy atom. The topological polar surface area (TPSA) is 71.1 Å². The van der Waals surface area contributed by atoms with E-state index in [4.69, 9.17) is 18.9 Å². The second kappa shape index (κ2) is 8.86. The van der Waals surface area contributed by atoms with Crippen LogP contribution in [0.2, 0.25) is 0 Å². The number of aryl methyl sites for hydroxylation is 1. The van der Waals surface area contributed by atoms with Crippen LogP contribution in [-0.4, -0.2) is 17.5 Å². The number of carbonyl (C=O) groups is 2. The number of rotatable bonds is 3. The van der Waals surface area contributed by atoms with E-state index in [1.165, 1.54) is 30.5 Å². The monoisotopic (exact) mass is 544 g/mol. The highest BCUT2D eigenvalue weighted by Gasteiger charge is 2.66. The summed E-state index contributed by atoms with van der Waals surface area (Å²) in [6.07, 6.45) is 4.34. The lowest BCUT2D eigenvalue weighted by molar-refractivity contribution is -0.137. The van der Waals surface area contributed by atoms with Crippen LogP contribution in [0.25, 0.3) is 0 Å². The van der Waals surface area contributed by atoms with E-state index in [1.807, 2.05) is 6.92 Å². The van der Waals surface area contributed by atoms with Gasteiger partial charge in [0, 0.05) is 42.9 Å². The van der Waals surface area contributed by atoms with Gasteiger partial charge in [0.25, 0.3) is 0 Å². The summed E-state index contributed by atoms with van der Waals surface area (Å²) in [6.45, 7) is 19.8. The van der Waals surface area contributed by atoms with Gasteiger partial charge in [0.05, 0.1) is 0 Å². The quantitative estimate of drug-likeness (QED) is 0.225. The third-order valence-corrected chi connectivity index (χ3v) is 9.95. The van der Waals surface area contributed by atoms with Crippen molar-refractivity contribution in [2.45, 2.75) is 116 Å². The van der Waals surface area contributed by atoms with Crippen LogP contribution in [0.15, 0.2) is 18.2 Å². The average Bonchev–Trinajstić information content (AvgIpc) is 3.13. The summed E-state index contributed by atoms with van der Waals surface area (Å²) in [7, 11) is 0. The first-order valence-electron chi connectivity index (χ1n) is 14.6. The molecule has 212 valence electrons. The van der Waals surface area contributed by atoms with Crippen LogP contribution < -0.4 is 18.9 Å². The van der Waals surface area contributed by atoms with Crippen molar-refractivity contribution < 1.29 is 28.5 Å². The van der Waals surface area contributed by atoms with Crippen LogP contribution in [0.3, 0.4) is 0 Å². The minimum Gasteiger partial charge on any atom is -0.478 e.